The van der Waals surface area contributed by atoms with Crippen LogP contribution >= 0.6 is 0 Å². The van der Waals surface area contributed by atoms with Crippen LogP contribution in [0.3, 0.4) is 0 Å². The molecule has 0 radical (unpaired) electrons. The third-order valence-corrected chi connectivity index (χ3v) is 1.32. The van der Waals surface area contributed by atoms with Gasteiger partial charge in [0.2, 0.25) is 0 Å². The molecule has 0 aliphatic carbocycles. The van der Waals surface area contributed by atoms with Crippen molar-refractivity contribution in [1.82, 2.24) is 0 Å². The summed E-state index contributed by atoms with van der Waals surface area (Å²) in [5.41, 5.74) is 3.80. The van der Waals surface area contributed by atoms with Gasteiger partial charge in [0.1, 0.15) is 5.82 Å². The van der Waals surface area contributed by atoms with Crippen LogP contribution in [0.5, 0.6) is 0 Å². The first kappa shape index (κ1) is 8.90. The molecule has 66 valence electrons. The first-order chi connectivity index (χ1) is 5.39. The van der Waals surface area contributed by atoms with E-state index in [2.05, 4.69) is 0 Å². The molecule has 0 saturated heterocycles. The van der Waals surface area contributed by atoms with Gasteiger partial charge in [-0.15, -0.1) is 5.46 Å². The summed E-state index contributed by atoms with van der Waals surface area (Å²) in [4.78, 5) is 0. The van der Waals surface area contributed by atoms with Crippen LogP contribution < -0.4 is 11.2 Å². The predicted molar refractivity (Wildman–Crippen MR) is 39.5 cm³/mol. The first-order valence-electron chi connectivity index (χ1n) is 3.15. The summed E-state index contributed by atoms with van der Waals surface area (Å²) in [6, 6.07) is 1.98. The van der Waals surface area contributed by atoms with Crippen molar-refractivity contribution in [2.24, 2.45) is 0 Å². The highest BCUT2D eigenvalue weighted by Gasteiger charge is 2.26. The van der Waals surface area contributed by atoms with E-state index in [0.717, 1.165) is 6.07 Å². The number of benzene rings is 1. The quantitative estimate of drug-likeness (QED) is 0.393. The van der Waals surface area contributed by atoms with Crippen LogP contribution in [0, 0.1) is 5.82 Å². The predicted octanol–water partition coefficient (Wildman–Crippen LogP) is 1.46. The standard InChI is InChI=1S/C6H5BF4N/c8-5-1-4(7(9,10)11)2-6(12)3-5/h1-3H,12H2/q-1. The zero-order chi connectivity index (χ0) is 9.35. The van der Waals surface area contributed by atoms with Gasteiger partial charge in [-0.1, -0.05) is 12.1 Å². The molecule has 0 amide bonds. The maximum atomic E-state index is 12.4. The maximum absolute atomic E-state index is 12.4. The molecule has 0 unspecified atom stereocenters. The van der Waals surface area contributed by atoms with Crippen molar-refractivity contribution in [2.45, 2.75) is 0 Å². The molecular weight excluding hydrogens is 173 g/mol. The van der Waals surface area contributed by atoms with Crippen LogP contribution in [0.1, 0.15) is 0 Å². The van der Waals surface area contributed by atoms with Gasteiger partial charge in [0.25, 0.3) is 0 Å². The van der Waals surface area contributed by atoms with Crippen LogP contribution in [0.2, 0.25) is 0 Å². The summed E-state index contributed by atoms with van der Waals surface area (Å²) in [6.45, 7) is -5.16. The smallest absolute Gasteiger partial charge is 0.445 e. The van der Waals surface area contributed by atoms with Crippen molar-refractivity contribution in [2.75, 3.05) is 5.73 Å². The number of hydrogen-bond donors (Lipinski definition) is 1. The Morgan fingerprint density at radius 3 is 2.08 bits per heavy atom. The van der Waals surface area contributed by atoms with Gasteiger partial charge in [-0.3, -0.25) is 0 Å². The number of rotatable bonds is 1. The van der Waals surface area contributed by atoms with E-state index in [9.17, 15) is 17.3 Å². The fourth-order valence-corrected chi connectivity index (χ4v) is 0.825. The molecule has 0 bridgehead atoms. The molecule has 12 heavy (non-hydrogen) atoms. The molecule has 0 aliphatic heterocycles. The van der Waals surface area contributed by atoms with E-state index >= 15 is 0 Å². The van der Waals surface area contributed by atoms with E-state index in [-0.39, 0.29) is 5.69 Å². The number of halogens is 4. The van der Waals surface area contributed by atoms with Crippen molar-refractivity contribution >= 4 is 18.1 Å². The van der Waals surface area contributed by atoms with E-state index in [1.165, 1.54) is 0 Å². The second-order valence-electron chi connectivity index (χ2n) is 2.39. The normalized spacial score (nSPS) is 11.7. The Morgan fingerprint density at radius 2 is 1.67 bits per heavy atom. The monoisotopic (exact) mass is 178 g/mol. The zero-order valence-electron chi connectivity index (χ0n) is 5.90. The molecular formula is C6H5BF4N-. The Bertz CT molecular complexity index is 276. The van der Waals surface area contributed by atoms with Gasteiger partial charge >= 0.3 is 6.98 Å². The van der Waals surface area contributed by atoms with Gasteiger partial charge in [0.05, 0.1) is 0 Å². The van der Waals surface area contributed by atoms with Crippen LogP contribution in [0.4, 0.5) is 23.0 Å². The Hall–Kier alpha value is -1.20. The molecule has 0 atom stereocenters. The van der Waals surface area contributed by atoms with Gasteiger partial charge in [0, 0.05) is 5.69 Å². The summed E-state index contributed by atoms with van der Waals surface area (Å²) in [6.07, 6.45) is 0. The second-order valence-corrected chi connectivity index (χ2v) is 2.39. The number of anilines is 1. The largest absolute Gasteiger partial charge is 0.509 e. The summed E-state index contributed by atoms with van der Waals surface area (Å²) < 4.78 is 48.4. The summed E-state index contributed by atoms with van der Waals surface area (Å²) in [7, 11) is 0. The Balaban J connectivity index is 3.18. The lowest BCUT2D eigenvalue weighted by molar-refractivity contribution is 0.500. The lowest BCUT2D eigenvalue weighted by Crippen LogP contribution is -2.34. The van der Waals surface area contributed by atoms with Gasteiger partial charge < -0.3 is 18.7 Å². The molecule has 0 heterocycles. The van der Waals surface area contributed by atoms with Crippen molar-refractivity contribution in [3.8, 4) is 0 Å². The lowest BCUT2D eigenvalue weighted by Gasteiger charge is -2.14. The third-order valence-electron chi connectivity index (χ3n) is 1.32. The molecule has 1 aromatic rings. The molecule has 2 N–H and O–H groups in total. The van der Waals surface area contributed by atoms with Crippen molar-refractivity contribution in [1.29, 1.82) is 0 Å². The fraction of sp³-hybridized carbons (Fsp3) is 0. The highest BCUT2D eigenvalue weighted by Crippen LogP contribution is 2.12. The average molecular weight is 178 g/mol. The number of nitrogens with two attached hydrogens (primary N) is 1. The van der Waals surface area contributed by atoms with E-state index in [1.807, 2.05) is 0 Å². The molecule has 1 nitrogen and oxygen atoms in total. The zero-order valence-corrected chi connectivity index (χ0v) is 5.90. The average Bonchev–Trinajstić information content (AvgIpc) is 1.82. The molecule has 0 aromatic heterocycles. The Kier molecular flexibility index (Phi) is 2.00. The number of hydrogen-bond acceptors (Lipinski definition) is 1. The van der Waals surface area contributed by atoms with Gasteiger partial charge in [-0.05, 0) is 6.07 Å². The molecule has 0 spiro atoms. The minimum absolute atomic E-state index is 0.218. The highest BCUT2D eigenvalue weighted by molar-refractivity contribution is 6.73. The van der Waals surface area contributed by atoms with Crippen LogP contribution in [0.15, 0.2) is 18.2 Å². The van der Waals surface area contributed by atoms with E-state index in [4.69, 9.17) is 5.73 Å². The van der Waals surface area contributed by atoms with Crippen molar-refractivity contribution < 1.29 is 17.3 Å². The molecule has 1 rings (SSSR count). The number of nitrogen functional groups attached to an aromatic ring is 1. The topological polar surface area (TPSA) is 26.0 Å². The van der Waals surface area contributed by atoms with Gasteiger partial charge in [-0.25, -0.2) is 4.39 Å². The highest BCUT2D eigenvalue weighted by atomic mass is 19.4. The molecule has 0 saturated carbocycles. The van der Waals surface area contributed by atoms with Crippen LogP contribution in [0.25, 0.3) is 0 Å². The summed E-state index contributed by atoms with van der Waals surface area (Å²) in [5.74, 6) is -0.968. The SMILES string of the molecule is Nc1cc(F)cc([B-](F)(F)F)c1. The lowest BCUT2D eigenvalue weighted by atomic mass is 9.80. The van der Waals surface area contributed by atoms with E-state index in [1.54, 1.807) is 0 Å². The second kappa shape index (κ2) is 2.69. The minimum atomic E-state index is -5.16. The summed E-state index contributed by atoms with van der Waals surface area (Å²) in [5, 5.41) is 0. The molecule has 6 heteroatoms. The van der Waals surface area contributed by atoms with Crippen molar-refractivity contribution in [3.05, 3.63) is 24.0 Å². The molecule has 0 fully saturated rings. The summed E-state index contributed by atoms with van der Waals surface area (Å²) >= 11 is 0. The van der Waals surface area contributed by atoms with E-state index in [0.29, 0.717) is 12.1 Å². The van der Waals surface area contributed by atoms with Crippen molar-refractivity contribution in [3.63, 3.8) is 0 Å². The Morgan fingerprint density at radius 1 is 1.08 bits per heavy atom. The Labute approximate surface area is 66.2 Å². The molecule has 1 aromatic carbocycles. The van der Waals surface area contributed by atoms with Gasteiger partial charge in [0.15, 0.2) is 0 Å². The maximum Gasteiger partial charge on any atom is 0.509 e. The van der Waals surface area contributed by atoms with E-state index < -0.39 is 18.3 Å². The molecule has 0 aliphatic rings. The fourth-order valence-electron chi connectivity index (χ4n) is 0.825. The van der Waals surface area contributed by atoms with Crippen LogP contribution in [-0.2, 0) is 0 Å². The first-order valence-corrected chi connectivity index (χ1v) is 3.15. The minimum Gasteiger partial charge on any atom is -0.445 e. The van der Waals surface area contributed by atoms with Crippen LogP contribution in [-0.4, -0.2) is 6.98 Å². The third kappa shape index (κ3) is 1.90. The van der Waals surface area contributed by atoms with Gasteiger partial charge in [-0.2, -0.15) is 0 Å².